The maximum absolute atomic E-state index is 12.5. The third-order valence-corrected chi connectivity index (χ3v) is 4.41. The van der Waals surface area contributed by atoms with Crippen LogP contribution in [0.25, 0.3) is 11.1 Å². The van der Waals surface area contributed by atoms with E-state index in [2.05, 4.69) is 9.88 Å². The van der Waals surface area contributed by atoms with E-state index in [0.717, 1.165) is 30.1 Å². The number of hydrogen-bond donors (Lipinski definition) is 1. The molecule has 1 aromatic heterocycles. The zero-order valence-electron chi connectivity index (χ0n) is 12.1. The van der Waals surface area contributed by atoms with Crippen LogP contribution >= 0.6 is 11.8 Å². The largest absolute Gasteiger partial charge is 0.489 e. The van der Waals surface area contributed by atoms with Gasteiger partial charge in [0.2, 0.25) is 0 Å². The molecule has 0 aliphatic carbocycles. The lowest BCUT2D eigenvalue weighted by Crippen LogP contribution is -2.32. The standard InChI is InChI=1S/C15H18FN3O2S/c16-8-11(9-17)10-20-12-1-2-13-14(7-12)21-15(18-13)19-3-5-22-6-4-19/h1-2,7-8H,3-6,9-10,17H2/b11-8+. The molecule has 1 saturated heterocycles. The van der Waals surface area contributed by atoms with Crippen molar-refractivity contribution >= 4 is 28.9 Å². The number of aromatic nitrogens is 1. The van der Waals surface area contributed by atoms with Gasteiger partial charge in [-0.2, -0.15) is 16.7 Å². The molecule has 118 valence electrons. The van der Waals surface area contributed by atoms with E-state index in [4.69, 9.17) is 14.9 Å². The number of thioether (sulfide) groups is 1. The number of benzene rings is 1. The van der Waals surface area contributed by atoms with Crippen molar-refractivity contribution in [2.75, 3.05) is 42.6 Å². The molecule has 0 saturated carbocycles. The molecule has 22 heavy (non-hydrogen) atoms. The molecule has 1 fully saturated rings. The van der Waals surface area contributed by atoms with Crippen LogP contribution in [-0.2, 0) is 0 Å². The smallest absolute Gasteiger partial charge is 0.298 e. The summed E-state index contributed by atoms with van der Waals surface area (Å²) >= 11 is 1.94. The van der Waals surface area contributed by atoms with E-state index in [1.165, 1.54) is 0 Å². The van der Waals surface area contributed by atoms with E-state index in [1.54, 1.807) is 12.1 Å². The van der Waals surface area contributed by atoms with Crippen molar-refractivity contribution in [2.45, 2.75) is 0 Å². The monoisotopic (exact) mass is 323 g/mol. The maximum Gasteiger partial charge on any atom is 0.298 e. The molecule has 5 nitrogen and oxygen atoms in total. The summed E-state index contributed by atoms with van der Waals surface area (Å²) in [7, 11) is 0. The van der Waals surface area contributed by atoms with Crippen molar-refractivity contribution in [3.05, 3.63) is 30.1 Å². The van der Waals surface area contributed by atoms with Gasteiger partial charge in [-0.15, -0.1) is 0 Å². The molecule has 2 N–H and O–H groups in total. The van der Waals surface area contributed by atoms with E-state index in [1.807, 2.05) is 17.8 Å². The highest BCUT2D eigenvalue weighted by atomic mass is 32.2. The lowest BCUT2D eigenvalue weighted by Gasteiger charge is -2.24. The van der Waals surface area contributed by atoms with Crippen molar-refractivity contribution < 1.29 is 13.5 Å². The molecule has 3 rings (SSSR count). The summed E-state index contributed by atoms with van der Waals surface area (Å²) < 4.78 is 23.8. The van der Waals surface area contributed by atoms with Crippen LogP contribution in [-0.4, -0.2) is 42.7 Å². The predicted octanol–water partition coefficient (Wildman–Crippen LogP) is 2.57. The van der Waals surface area contributed by atoms with Gasteiger partial charge < -0.3 is 19.8 Å². The average Bonchev–Trinajstić information content (AvgIpc) is 3.00. The summed E-state index contributed by atoms with van der Waals surface area (Å²) in [5.74, 6) is 2.78. The van der Waals surface area contributed by atoms with Gasteiger partial charge >= 0.3 is 0 Å². The van der Waals surface area contributed by atoms with Gasteiger partial charge in [0, 0.05) is 42.8 Å². The average molecular weight is 323 g/mol. The van der Waals surface area contributed by atoms with Gasteiger partial charge in [0.1, 0.15) is 17.9 Å². The fraction of sp³-hybridized carbons (Fsp3) is 0.400. The summed E-state index contributed by atoms with van der Waals surface area (Å²) in [5.41, 5.74) is 7.27. The Morgan fingerprint density at radius 3 is 3.00 bits per heavy atom. The number of oxazole rings is 1. The number of halogens is 1. The van der Waals surface area contributed by atoms with E-state index in [9.17, 15) is 4.39 Å². The molecule has 7 heteroatoms. The second-order valence-electron chi connectivity index (χ2n) is 4.99. The Morgan fingerprint density at radius 1 is 1.45 bits per heavy atom. The Bertz CT molecular complexity index is 668. The molecule has 0 atom stereocenters. The Hall–Kier alpha value is -1.73. The van der Waals surface area contributed by atoms with Crippen LogP contribution in [0.2, 0.25) is 0 Å². The van der Waals surface area contributed by atoms with E-state index < -0.39 is 0 Å². The number of nitrogens with zero attached hydrogens (tertiary/aromatic N) is 2. The molecule has 1 aliphatic heterocycles. The number of hydrogen-bond acceptors (Lipinski definition) is 6. The molecule has 0 unspecified atom stereocenters. The lowest BCUT2D eigenvalue weighted by atomic mass is 10.3. The van der Waals surface area contributed by atoms with Crippen LogP contribution in [0.1, 0.15) is 0 Å². The Kier molecular flexibility index (Phi) is 4.84. The first-order valence-corrected chi connectivity index (χ1v) is 8.30. The second-order valence-corrected chi connectivity index (χ2v) is 6.21. The van der Waals surface area contributed by atoms with Crippen LogP contribution in [0.4, 0.5) is 10.4 Å². The molecule has 0 radical (unpaired) electrons. The SMILES string of the molecule is NC/C(=C\F)COc1ccc2nc(N3CCSCC3)oc2c1. The summed E-state index contributed by atoms with van der Waals surface area (Å²) in [6.07, 6.45) is 0.486. The first-order valence-electron chi connectivity index (χ1n) is 7.14. The Balaban J connectivity index is 1.75. The molecule has 0 spiro atoms. The minimum Gasteiger partial charge on any atom is -0.489 e. The number of ether oxygens (including phenoxy) is 1. The van der Waals surface area contributed by atoms with E-state index in [-0.39, 0.29) is 13.2 Å². The zero-order valence-corrected chi connectivity index (χ0v) is 12.9. The summed E-state index contributed by atoms with van der Waals surface area (Å²) in [6, 6.07) is 6.07. The zero-order chi connectivity index (χ0) is 15.4. The second kappa shape index (κ2) is 7.02. The third kappa shape index (κ3) is 3.36. The summed E-state index contributed by atoms with van der Waals surface area (Å²) in [4.78, 5) is 6.66. The topological polar surface area (TPSA) is 64.5 Å². The molecular weight excluding hydrogens is 305 g/mol. The molecule has 2 heterocycles. The summed E-state index contributed by atoms with van der Waals surface area (Å²) in [6.45, 7) is 2.16. The highest BCUT2D eigenvalue weighted by Crippen LogP contribution is 2.27. The third-order valence-electron chi connectivity index (χ3n) is 3.47. The highest BCUT2D eigenvalue weighted by Gasteiger charge is 2.17. The number of fused-ring (bicyclic) bond motifs is 1. The predicted molar refractivity (Wildman–Crippen MR) is 87.3 cm³/mol. The van der Waals surface area contributed by atoms with Crippen molar-refractivity contribution in [3.8, 4) is 5.75 Å². The Morgan fingerprint density at radius 2 is 2.27 bits per heavy atom. The molecule has 2 aromatic rings. The summed E-state index contributed by atoms with van der Waals surface area (Å²) in [5, 5.41) is 0. The van der Waals surface area contributed by atoms with Gasteiger partial charge in [0.05, 0.1) is 6.33 Å². The van der Waals surface area contributed by atoms with E-state index in [0.29, 0.717) is 29.3 Å². The number of nitrogens with two attached hydrogens (primary N) is 1. The van der Waals surface area contributed by atoms with Crippen LogP contribution in [0.15, 0.2) is 34.5 Å². The van der Waals surface area contributed by atoms with Gasteiger partial charge in [-0.1, -0.05) is 0 Å². The maximum atomic E-state index is 12.5. The van der Waals surface area contributed by atoms with Crippen LogP contribution < -0.4 is 15.4 Å². The molecule has 1 aliphatic rings. The van der Waals surface area contributed by atoms with Gasteiger partial charge in [0.25, 0.3) is 6.01 Å². The first-order chi connectivity index (χ1) is 10.8. The number of anilines is 1. The van der Waals surface area contributed by atoms with Gasteiger partial charge in [-0.3, -0.25) is 0 Å². The molecule has 1 aromatic carbocycles. The minimum atomic E-state index is 0.128. The molecular formula is C15H18FN3O2S. The van der Waals surface area contributed by atoms with Crippen molar-refractivity contribution in [2.24, 2.45) is 5.73 Å². The van der Waals surface area contributed by atoms with Gasteiger partial charge in [0.15, 0.2) is 5.58 Å². The Labute approximate surface area is 132 Å². The first kappa shape index (κ1) is 15.2. The minimum absolute atomic E-state index is 0.128. The molecule has 0 amide bonds. The van der Waals surface area contributed by atoms with Crippen molar-refractivity contribution in [1.29, 1.82) is 0 Å². The van der Waals surface area contributed by atoms with Crippen molar-refractivity contribution in [1.82, 2.24) is 4.98 Å². The fourth-order valence-corrected chi connectivity index (χ4v) is 3.09. The van der Waals surface area contributed by atoms with Gasteiger partial charge in [-0.05, 0) is 12.1 Å². The molecule has 0 bridgehead atoms. The van der Waals surface area contributed by atoms with Gasteiger partial charge in [-0.25, -0.2) is 4.39 Å². The fourth-order valence-electron chi connectivity index (χ4n) is 2.18. The quantitative estimate of drug-likeness (QED) is 0.912. The lowest BCUT2D eigenvalue weighted by molar-refractivity contribution is 0.347. The number of rotatable bonds is 5. The normalized spacial score (nSPS) is 16.3. The van der Waals surface area contributed by atoms with E-state index >= 15 is 0 Å². The highest BCUT2D eigenvalue weighted by molar-refractivity contribution is 7.99. The van der Waals surface area contributed by atoms with Crippen molar-refractivity contribution in [3.63, 3.8) is 0 Å². The van der Waals surface area contributed by atoms with Crippen LogP contribution in [0, 0.1) is 0 Å². The van der Waals surface area contributed by atoms with Crippen LogP contribution in [0.5, 0.6) is 5.75 Å². The van der Waals surface area contributed by atoms with Crippen LogP contribution in [0.3, 0.4) is 0 Å².